The minimum atomic E-state index is -0.486. The van der Waals surface area contributed by atoms with Crippen LogP contribution in [0.15, 0.2) is 4.79 Å². The number of hydrogen-bond acceptors (Lipinski definition) is 6. The van der Waals surface area contributed by atoms with E-state index < -0.39 is 5.97 Å². The maximum atomic E-state index is 12.0. The Morgan fingerprint density at radius 2 is 2.40 bits per heavy atom. The first-order chi connectivity index (χ1) is 9.61. The Balaban J connectivity index is 2.20. The van der Waals surface area contributed by atoms with Crippen molar-refractivity contribution in [3.05, 3.63) is 21.7 Å². The van der Waals surface area contributed by atoms with Crippen LogP contribution < -0.4 is 11.3 Å². The summed E-state index contributed by atoms with van der Waals surface area (Å²) in [5, 5.41) is 0. The van der Waals surface area contributed by atoms with Crippen molar-refractivity contribution in [1.29, 1.82) is 0 Å². The predicted molar refractivity (Wildman–Crippen MR) is 72.4 cm³/mol. The zero-order valence-corrected chi connectivity index (χ0v) is 11.5. The second-order valence-electron chi connectivity index (χ2n) is 4.71. The van der Waals surface area contributed by atoms with E-state index in [0.29, 0.717) is 12.4 Å². The number of H-pyrrole nitrogens is 1. The summed E-state index contributed by atoms with van der Waals surface area (Å²) in [4.78, 5) is 30.3. The van der Waals surface area contributed by atoms with Crippen LogP contribution in [0.1, 0.15) is 37.1 Å². The molecular formula is C13H19N3O4. The van der Waals surface area contributed by atoms with Crippen molar-refractivity contribution in [1.82, 2.24) is 9.97 Å². The number of esters is 1. The topological polar surface area (TPSA) is 107 Å². The molecular weight excluding hydrogens is 262 g/mol. The normalized spacial score (nSPS) is 18.8. The van der Waals surface area contributed by atoms with Gasteiger partial charge in [0.15, 0.2) is 0 Å². The third kappa shape index (κ3) is 3.36. The Morgan fingerprint density at radius 1 is 1.60 bits per heavy atom. The molecule has 0 bridgehead atoms. The van der Waals surface area contributed by atoms with Gasteiger partial charge in [-0.1, -0.05) is 0 Å². The summed E-state index contributed by atoms with van der Waals surface area (Å²) < 4.78 is 10.2. The first-order valence-electron chi connectivity index (χ1n) is 6.73. The Kier molecular flexibility index (Phi) is 4.73. The highest BCUT2D eigenvalue weighted by Crippen LogP contribution is 2.22. The van der Waals surface area contributed by atoms with Gasteiger partial charge >= 0.3 is 5.97 Å². The lowest BCUT2D eigenvalue weighted by Crippen LogP contribution is -2.26. The van der Waals surface area contributed by atoms with E-state index in [0.717, 1.165) is 19.4 Å². The quantitative estimate of drug-likeness (QED) is 0.771. The van der Waals surface area contributed by atoms with Crippen molar-refractivity contribution in [2.45, 2.75) is 32.1 Å². The fourth-order valence-corrected chi connectivity index (χ4v) is 2.21. The van der Waals surface area contributed by atoms with Gasteiger partial charge in [0.2, 0.25) is 0 Å². The number of nitrogens with zero attached hydrogens (tertiary/aromatic N) is 1. The van der Waals surface area contributed by atoms with Crippen LogP contribution in [0.4, 0.5) is 5.82 Å². The molecule has 0 aromatic carbocycles. The highest BCUT2D eigenvalue weighted by Gasteiger charge is 2.21. The number of anilines is 1. The van der Waals surface area contributed by atoms with Gasteiger partial charge in [-0.2, -0.15) is 0 Å². The number of carbonyl (C=O) groups excluding carboxylic acids is 1. The molecule has 1 aromatic heterocycles. The van der Waals surface area contributed by atoms with Crippen LogP contribution in [0.3, 0.4) is 0 Å². The Labute approximate surface area is 116 Å². The number of rotatable bonds is 4. The number of nitrogen functional groups attached to an aromatic ring is 1. The second-order valence-corrected chi connectivity index (χ2v) is 4.71. The van der Waals surface area contributed by atoms with Crippen molar-refractivity contribution in [2.24, 2.45) is 0 Å². The molecule has 1 unspecified atom stereocenters. The minimum Gasteiger partial charge on any atom is -0.466 e. The molecule has 1 aromatic rings. The first-order valence-corrected chi connectivity index (χ1v) is 6.73. The van der Waals surface area contributed by atoms with Gasteiger partial charge in [0, 0.05) is 12.5 Å². The fourth-order valence-electron chi connectivity index (χ4n) is 2.21. The van der Waals surface area contributed by atoms with Crippen molar-refractivity contribution in [3.63, 3.8) is 0 Å². The number of carbonyl (C=O) groups is 1. The summed E-state index contributed by atoms with van der Waals surface area (Å²) in [7, 11) is 0. The van der Waals surface area contributed by atoms with E-state index in [1.54, 1.807) is 6.92 Å². The smallest absolute Gasteiger partial charge is 0.310 e. The highest BCUT2D eigenvalue weighted by atomic mass is 16.5. The summed E-state index contributed by atoms with van der Waals surface area (Å²) in [5.41, 5.74) is 5.57. The van der Waals surface area contributed by atoms with Crippen molar-refractivity contribution in [2.75, 3.05) is 25.6 Å². The van der Waals surface area contributed by atoms with Crippen LogP contribution in [-0.4, -0.2) is 35.8 Å². The molecule has 3 N–H and O–H groups in total. The molecule has 7 nitrogen and oxygen atoms in total. The molecule has 0 saturated carbocycles. The lowest BCUT2D eigenvalue weighted by Gasteiger charge is -2.21. The van der Waals surface area contributed by atoms with Crippen molar-refractivity contribution in [3.8, 4) is 0 Å². The lowest BCUT2D eigenvalue weighted by molar-refractivity contribution is -0.142. The molecule has 0 spiro atoms. The van der Waals surface area contributed by atoms with E-state index in [2.05, 4.69) is 9.97 Å². The second kappa shape index (κ2) is 6.51. The molecule has 0 radical (unpaired) electrons. The van der Waals surface area contributed by atoms with Crippen molar-refractivity contribution >= 4 is 11.8 Å². The number of ether oxygens (including phenoxy) is 2. The monoisotopic (exact) mass is 281 g/mol. The summed E-state index contributed by atoms with van der Waals surface area (Å²) >= 11 is 0. The number of aromatic amines is 1. The van der Waals surface area contributed by atoms with Gasteiger partial charge in [0.25, 0.3) is 5.56 Å². The number of hydrogen-bond donors (Lipinski definition) is 2. The minimum absolute atomic E-state index is 0.0513. The van der Waals surface area contributed by atoms with E-state index in [1.807, 2.05) is 0 Å². The molecule has 1 aliphatic heterocycles. The maximum Gasteiger partial charge on any atom is 0.310 e. The molecule has 7 heteroatoms. The molecule has 2 heterocycles. The van der Waals surface area contributed by atoms with E-state index in [9.17, 15) is 9.59 Å². The van der Waals surface area contributed by atoms with Crippen LogP contribution in [0, 0.1) is 0 Å². The van der Waals surface area contributed by atoms with Crippen LogP contribution in [-0.2, 0) is 20.7 Å². The molecule has 1 saturated heterocycles. The largest absolute Gasteiger partial charge is 0.466 e. The van der Waals surface area contributed by atoms with Crippen LogP contribution in [0.5, 0.6) is 0 Å². The summed E-state index contributed by atoms with van der Waals surface area (Å²) in [6.07, 6.45) is 1.67. The lowest BCUT2D eigenvalue weighted by atomic mass is 10.0. The fraction of sp³-hybridized carbons (Fsp3) is 0.615. The van der Waals surface area contributed by atoms with Gasteiger partial charge in [-0.3, -0.25) is 9.59 Å². The molecule has 20 heavy (non-hydrogen) atoms. The van der Waals surface area contributed by atoms with E-state index in [1.165, 1.54) is 0 Å². The van der Waals surface area contributed by atoms with E-state index in [-0.39, 0.29) is 35.9 Å². The first kappa shape index (κ1) is 14.5. The van der Waals surface area contributed by atoms with Gasteiger partial charge in [0.05, 0.1) is 25.2 Å². The molecule has 110 valence electrons. The maximum absolute atomic E-state index is 12.0. The Hall–Kier alpha value is -1.89. The SMILES string of the molecule is CCOC(=O)Cc1c(N)nc(C2CCCOC2)[nH]c1=O. The zero-order valence-electron chi connectivity index (χ0n) is 11.5. The van der Waals surface area contributed by atoms with E-state index in [4.69, 9.17) is 15.2 Å². The molecule has 2 rings (SSSR count). The van der Waals surface area contributed by atoms with Crippen molar-refractivity contribution < 1.29 is 14.3 Å². The van der Waals surface area contributed by atoms with Crippen LogP contribution in [0.2, 0.25) is 0 Å². The third-order valence-corrected chi connectivity index (χ3v) is 3.24. The number of nitrogens with one attached hydrogen (secondary N) is 1. The Bertz CT molecular complexity index is 535. The van der Waals surface area contributed by atoms with Gasteiger partial charge in [-0.15, -0.1) is 0 Å². The average molecular weight is 281 g/mol. The number of nitrogens with two attached hydrogens (primary N) is 1. The zero-order chi connectivity index (χ0) is 14.5. The molecule has 1 aliphatic rings. The summed E-state index contributed by atoms with van der Waals surface area (Å²) in [6.45, 7) is 3.23. The van der Waals surface area contributed by atoms with Gasteiger partial charge in [-0.25, -0.2) is 4.98 Å². The predicted octanol–water partition coefficient (Wildman–Crippen LogP) is 0.352. The molecule has 1 atom stereocenters. The number of aromatic nitrogens is 2. The summed E-state index contributed by atoms with van der Waals surface area (Å²) in [5.74, 6) is 0.179. The van der Waals surface area contributed by atoms with Gasteiger partial charge in [0.1, 0.15) is 11.6 Å². The van der Waals surface area contributed by atoms with Crippen LogP contribution in [0.25, 0.3) is 0 Å². The standard InChI is InChI=1S/C13H19N3O4/c1-2-20-10(17)6-9-11(14)15-12(16-13(9)18)8-4-3-5-19-7-8/h8H,2-7H2,1H3,(H3,14,15,16,18). The summed E-state index contributed by atoms with van der Waals surface area (Å²) in [6, 6.07) is 0. The third-order valence-electron chi connectivity index (χ3n) is 3.24. The highest BCUT2D eigenvalue weighted by molar-refractivity contribution is 5.74. The molecule has 0 amide bonds. The van der Waals surface area contributed by atoms with Gasteiger partial charge in [-0.05, 0) is 19.8 Å². The molecule has 0 aliphatic carbocycles. The molecule has 1 fully saturated rings. The Morgan fingerprint density at radius 3 is 3.00 bits per heavy atom. The van der Waals surface area contributed by atoms with E-state index >= 15 is 0 Å². The van der Waals surface area contributed by atoms with Gasteiger partial charge < -0.3 is 20.2 Å². The average Bonchev–Trinajstić information content (AvgIpc) is 2.44. The van der Waals surface area contributed by atoms with Crippen LogP contribution >= 0.6 is 0 Å².